The van der Waals surface area contributed by atoms with Crippen molar-refractivity contribution in [3.63, 3.8) is 0 Å². The van der Waals surface area contributed by atoms with Crippen LogP contribution in [0.25, 0.3) is 0 Å². The summed E-state index contributed by atoms with van der Waals surface area (Å²) in [6.45, 7) is 3.59. The van der Waals surface area contributed by atoms with Gasteiger partial charge in [0.25, 0.3) is 0 Å². The van der Waals surface area contributed by atoms with E-state index in [-0.39, 0.29) is 13.2 Å². The van der Waals surface area contributed by atoms with Gasteiger partial charge >= 0.3 is 18.1 Å². The van der Waals surface area contributed by atoms with Crippen molar-refractivity contribution in [2.24, 2.45) is 0 Å². The molecule has 9 heteroatoms. The predicted octanol–water partition coefficient (Wildman–Crippen LogP) is 4.84. The number of thioether (sulfide) groups is 1. The third-order valence-corrected chi connectivity index (χ3v) is 7.21. The summed E-state index contributed by atoms with van der Waals surface area (Å²) in [5, 5.41) is 10.0. The molecule has 4 rings (SSSR count). The van der Waals surface area contributed by atoms with Gasteiger partial charge in [-0.25, -0.2) is 14.4 Å². The Labute approximate surface area is 224 Å². The lowest BCUT2D eigenvalue weighted by atomic mass is 10.1. The van der Waals surface area contributed by atoms with Crippen molar-refractivity contribution in [2.75, 3.05) is 6.61 Å². The number of aliphatic hydroxyl groups excluding tert-OH is 1. The molecule has 0 amide bonds. The molecule has 4 atom stereocenters. The molecular weight excluding hydrogens is 508 g/mol. The molecule has 3 aromatic carbocycles. The maximum atomic E-state index is 12.9. The van der Waals surface area contributed by atoms with Crippen LogP contribution in [-0.2, 0) is 25.6 Å². The highest BCUT2D eigenvalue weighted by atomic mass is 32.2. The average molecular weight is 537 g/mol. The van der Waals surface area contributed by atoms with E-state index < -0.39 is 41.0 Å². The van der Waals surface area contributed by atoms with E-state index in [1.165, 1.54) is 0 Å². The summed E-state index contributed by atoms with van der Waals surface area (Å²) in [5.41, 5.74) is 2.15. The van der Waals surface area contributed by atoms with Gasteiger partial charge in [0.2, 0.25) is 0 Å². The molecule has 0 radical (unpaired) electrons. The van der Waals surface area contributed by atoms with E-state index >= 15 is 0 Å². The van der Waals surface area contributed by atoms with E-state index in [4.69, 9.17) is 18.9 Å². The number of aryl methyl sites for hydroxylation is 2. The number of benzene rings is 3. The average Bonchev–Trinajstić information content (AvgIpc) is 3.20. The molecule has 1 aliphatic rings. The van der Waals surface area contributed by atoms with Crippen molar-refractivity contribution in [3.8, 4) is 0 Å². The molecule has 1 aliphatic heterocycles. The Hall–Kier alpha value is -3.82. The van der Waals surface area contributed by atoms with Gasteiger partial charge in [-0.15, -0.1) is 11.8 Å². The van der Waals surface area contributed by atoms with Gasteiger partial charge in [-0.3, -0.25) is 0 Å². The Bertz CT molecular complexity index is 1240. The Morgan fingerprint density at radius 2 is 1.32 bits per heavy atom. The smallest absolute Gasteiger partial charge is 0.461 e. The SMILES string of the molecule is Cc1ccc(C(=O)OC[C@H]2SC(O)[C@H](OC(=O)OCc3ccccc3)[C@@H]2OC(=O)c2ccc(C)cc2)cc1. The summed E-state index contributed by atoms with van der Waals surface area (Å²) in [6.07, 6.45) is -3.35. The largest absolute Gasteiger partial charge is 0.509 e. The van der Waals surface area contributed by atoms with Gasteiger partial charge in [0.1, 0.15) is 18.6 Å². The van der Waals surface area contributed by atoms with E-state index in [0.29, 0.717) is 11.1 Å². The topological polar surface area (TPSA) is 108 Å². The normalized spacial score (nSPS) is 20.4. The molecule has 0 saturated carbocycles. The molecule has 0 bridgehead atoms. The number of esters is 2. The highest BCUT2D eigenvalue weighted by Gasteiger charge is 2.49. The summed E-state index contributed by atoms with van der Waals surface area (Å²) in [4.78, 5) is 37.9. The summed E-state index contributed by atoms with van der Waals surface area (Å²) in [7, 11) is 0. The van der Waals surface area contributed by atoms with E-state index in [1.54, 1.807) is 60.7 Å². The Balaban J connectivity index is 1.45. The summed E-state index contributed by atoms with van der Waals surface area (Å²) in [6, 6.07) is 22.7. The third-order valence-electron chi connectivity index (χ3n) is 5.91. The van der Waals surface area contributed by atoms with Gasteiger partial charge in [0.05, 0.1) is 16.4 Å². The van der Waals surface area contributed by atoms with Crippen molar-refractivity contribution >= 4 is 29.9 Å². The van der Waals surface area contributed by atoms with Crippen LogP contribution in [0.4, 0.5) is 4.79 Å². The van der Waals surface area contributed by atoms with Crippen LogP contribution in [-0.4, -0.2) is 52.7 Å². The van der Waals surface area contributed by atoms with Gasteiger partial charge in [0, 0.05) is 0 Å². The van der Waals surface area contributed by atoms with Crippen molar-refractivity contribution < 1.29 is 38.4 Å². The molecule has 8 nitrogen and oxygen atoms in total. The fraction of sp³-hybridized carbons (Fsp3) is 0.276. The van der Waals surface area contributed by atoms with Crippen LogP contribution in [0, 0.1) is 13.8 Å². The molecule has 1 heterocycles. The second-order valence-corrected chi connectivity index (χ2v) is 10.2. The molecule has 0 aliphatic carbocycles. The van der Waals surface area contributed by atoms with E-state index in [9.17, 15) is 19.5 Å². The highest BCUT2D eigenvalue weighted by Crippen LogP contribution is 2.38. The van der Waals surface area contributed by atoms with E-state index in [0.717, 1.165) is 28.5 Å². The minimum Gasteiger partial charge on any atom is -0.461 e. The first kappa shape index (κ1) is 27.2. The van der Waals surface area contributed by atoms with Gasteiger partial charge in [0.15, 0.2) is 12.2 Å². The van der Waals surface area contributed by atoms with Crippen molar-refractivity contribution in [3.05, 3.63) is 107 Å². The van der Waals surface area contributed by atoms with Crippen LogP contribution in [0.1, 0.15) is 37.4 Å². The number of hydrogen-bond donors (Lipinski definition) is 1. The number of aliphatic hydroxyl groups is 1. The number of ether oxygens (including phenoxy) is 4. The minimum atomic E-state index is -1.24. The summed E-state index contributed by atoms with van der Waals surface area (Å²) < 4.78 is 21.7. The number of carbonyl (C=O) groups is 3. The zero-order valence-corrected chi connectivity index (χ0v) is 21.8. The monoisotopic (exact) mass is 536 g/mol. The van der Waals surface area contributed by atoms with E-state index in [2.05, 4.69) is 0 Å². The molecule has 38 heavy (non-hydrogen) atoms. The molecule has 1 unspecified atom stereocenters. The van der Waals surface area contributed by atoms with E-state index in [1.807, 2.05) is 32.0 Å². The van der Waals surface area contributed by atoms with Gasteiger partial charge in [-0.05, 0) is 43.7 Å². The first-order valence-corrected chi connectivity index (χ1v) is 13.0. The van der Waals surface area contributed by atoms with Gasteiger partial charge in [-0.1, -0.05) is 65.7 Å². The maximum absolute atomic E-state index is 12.9. The highest BCUT2D eigenvalue weighted by molar-refractivity contribution is 8.00. The molecular formula is C29H28O8S. The van der Waals surface area contributed by atoms with Crippen LogP contribution in [0.5, 0.6) is 0 Å². The lowest BCUT2D eigenvalue weighted by Crippen LogP contribution is -2.42. The molecule has 1 N–H and O–H groups in total. The van der Waals surface area contributed by atoms with Crippen LogP contribution >= 0.6 is 11.8 Å². The van der Waals surface area contributed by atoms with Crippen molar-refractivity contribution in [1.29, 1.82) is 0 Å². The first-order valence-electron chi connectivity index (χ1n) is 12.0. The third kappa shape index (κ3) is 7.14. The number of hydrogen-bond acceptors (Lipinski definition) is 9. The zero-order valence-electron chi connectivity index (χ0n) is 20.9. The molecule has 198 valence electrons. The van der Waals surface area contributed by atoms with Crippen LogP contribution in [0.2, 0.25) is 0 Å². The predicted molar refractivity (Wildman–Crippen MR) is 141 cm³/mol. The maximum Gasteiger partial charge on any atom is 0.509 e. The molecule has 1 saturated heterocycles. The molecule has 1 fully saturated rings. The van der Waals surface area contributed by atoms with Crippen molar-refractivity contribution in [2.45, 2.75) is 43.3 Å². The molecule has 3 aromatic rings. The quantitative estimate of drug-likeness (QED) is 0.319. The fourth-order valence-electron chi connectivity index (χ4n) is 3.78. The van der Waals surface area contributed by atoms with Crippen LogP contribution in [0.3, 0.4) is 0 Å². The zero-order chi connectivity index (χ0) is 27.1. The second-order valence-electron chi connectivity index (χ2n) is 8.87. The lowest BCUT2D eigenvalue weighted by molar-refractivity contribution is -0.0675. The number of rotatable bonds is 8. The Morgan fingerprint density at radius 3 is 1.92 bits per heavy atom. The second kappa shape index (κ2) is 12.6. The minimum absolute atomic E-state index is 0.0267. The van der Waals surface area contributed by atoms with Crippen LogP contribution < -0.4 is 0 Å². The fourth-order valence-corrected chi connectivity index (χ4v) is 5.02. The standard InChI is InChI=1S/C29H28O8S/c1-18-8-12-21(13-9-18)26(30)34-17-23-24(36-27(31)22-14-10-19(2)11-15-22)25(28(32)38-23)37-29(33)35-16-20-6-4-3-5-7-20/h3-15,23-25,28,32H,16-17H2,1-2H3/t23-,24-,25-,28?/m1/s1. The Kier molecular flexibility index (Phi) is 9.04. The molecule has 0 spiro atoms. The first-order chi connectivity index (χ1) is 18.3. The van der Waals surface area contributed by atoms with Crippen LogP contribution in [0.15, 0.2) is 78.9 Å². The van der Waals surface area contributed by atoms with Gasteiger partial charge < -0.3 is 24.1 Å². The lowest BCUT2D eigenvalue weighted by Gasteiger charge is -2.24. The summed E-state index contributed by atoms with van der Waals surface area (Å²) >= 11 is 0.986. The van der Waals surface area contributed by atoms with Crippen molar-refractivity contribution in [1.82, 2.24) is 0 Å². The Morgan fingerprint density at radius 1 is 0.737 bits per heavy atom. The van der Waals surface area contributed by atoms with Gasteiger partial charge in [-0.2, -0.15) is 0 Å². The molecule has 0 aromatic heterocycles. The number of carbonyl (C=O) groups excluding carboxylic acids is 3. The summed E-state index contributed by atoms with van der Waals surface area (Å²) in [5.74, 6) is -1.22.